The summed E-state index contributed by atoms with van der Waals surface area (Å²) in [6, 6.07) is 13.5. The molecule has 0 radical (unpaired) electrons. The maximum atomic E-state index is 13.0. The zero-order valence-corrected chi connectivity index (χ0v) is 18.1. The SMILES string of the molecule is COc1ccc(C(O)=C2C(=O)C(=O)N(CC3CCCO3)C2c2cccc(Br)c2)cc1. The minimum Gasteiger partial charge on any atom is -0.507 e. The fraction of sp³-hybridized carbons (Fsp3) is 0.304. The van der Waals surface area contributed by atoms with Crippen molar-refractivity contribution in [3.63, 3.8) is 0 Å². The van der Waals surface area contributed by atoms with Crippen LogP contribution in [0.5, 0.6) is 5.75 Å². The monoisotopic (exact) mass is 471 g/mol. The number of halogens is 1. The van der Waals surface area contributed by atoms with Crippen LogP contribution in [-0.4, -0.2) is 48.1 Å². The van der Waals surface area contributed by atoms with Crippen molar-refractivity contribution in [1.82, 2.24) is 4.90 Å². The van der Waals surface area contributed by atoms with Crippen LogP contribution in [0.4, 0.5) is 0 Å². The van der Waals surface area contributed by atoms with Crippen molar-refractivity contribution in [2.75, 3.05) is 20.3 Å². The summed E-state index contributed by atoms with van der Waals surface area (Å²) < 4.78 is 11.7. The third-order valence-electron chi connectivity index (χ3n) is 5.49. The van der Waals surface area contributed by atoms with E-state index in [1.165, 1.54) is 4.90 Å². The van der Waals surface area contributed by atoms with Crippen molar-refractivity contribution in [2.45, 2.75) is 25.0 Å². The number of aliphatic hydroxyl groups excluding tert-OH is 1. The van der Waals surface area contributed by atoms with Gasteiger partial charge in [-0.05, 0) is 54.8 Å². The van der Waals surface area contributed by atoms with Crippen molar-refractivity contribution in [3.05, 3.63) is 69.7 Å². The molecule has 2 aromatic carbocycles. The van der Waals surface area contributed by atoms with Gasteiger partial charge in [0, 0.05) is 23.2 Å². The minimum absolute atomic E-state index is 0.0845. The molecule has 2 unspecified atom stereocenters. The number of amides is 1. The Balaban J connectivity index is 1.81. The Hall–Kier alpha value is -2.64. The highest BCUT2D eigenvalue weighted by molar-refractivity contribution is 9.10. The molecule has 1 N–H and O–H groups in total. The first-order valence-corrected chi connectivity index (χ1v) is 10.6. The van der Waals surface area contributed by atoms with Crippen LogP contribution in [0, 0.1) is 0 Å². The zero-order valence-electron chi connectivity index (χ0n) is 16.5. The van der Waals surface area contributed by atoms with Crippen molar-refractivity contribution in [1.29, 1.82) is 0 Å². The highest BCUT2D eigenvalue weighted by Crippen LogP contribution is 2.40. The average Bonchev–Trinajstić information content (AvgIpc) is 3.36. The summed E-state index contributed by atoms with van der Waals surface area (Å²) >= 11 is 3.46. The van der Waals surface area contributed by atoms with Crippen molar-refractivity contribution < 1.29 is 24.2 Å². The molecule has 156 valence electrons. The number of ether oxygens (including phenoxy) is 2. The largest absolute Gasteiger partial charge is 0.507 e. The number of Topliss-reactive ketones (excluding diaryl/α,β-unsaturated/α-hetero) is 1. The van der Waals surface area contributed by atoms with E-state index in [4.69, 9.17) is 9.47 Å². The third kappa shape index (κ3) is 3.87. The second kappa shape index (κ2) is 8.62. The number of aliphatic hydroxyl groups is 1. The van der Waals surface area contributed by atoms with E-state index in [0.717, 1.165) is 22.9 Å². The highest BCUT2D eigenvalue weighted by Gasteiger charge is 2.47. The molecule has 2 fully saturated rings. The first-order chi connectivity index (χ1) is 14.5. The molecule has 1 amide bonds. The first kappa shape index (κ1) is 20.6. The second-order valence-corrected chi connectivity index (χ2v) is 8.29. The standard InChI is InChI=1S/C23H22BrNO5/c1-29-17-9-7-14(8-10-17)21(26)19-20(15-4-2-5-16(24)12-15)25(23(28)22(19)27)13-18-6-3-11-30-18/h2,4-5,7-10,12,18,20,26H,3,6,11,13H2,1H3. The Morgan fingerprint density at radius 2 is 2.00 bits per heavy atom. The first-order valence-electron chi connectivity index (χ1n) is 9.79. The molecule has 0 aromatic heterocycles. The van der Waals surface area contributed by atoms with Gasteiger partial charge in [-0.2, -0.15) is 0 Å². The molecule has 2 saturated heterocycles. The molecule has 2 heterocycles. The molecule has 6 nitrogen and oxygen atoms in total. The van der Waals surface area contributed by atoms with Crippen LogP contribution >= 0.6 is 15.9 Å². The Morgan fingerprint density at radius 3 is 2.63 bits per heavy atom. The van der Waals surface area contributed by atoms with E-state index in [-0.39, 0.29) is 17.4 Å². The predicted octanol–water partition coefficient (Wildman–Crippen LogP) is 4.06. The maximum absolute atomic E-state index is 13.0. The lowest BCUT2D eigenvalue weighted by Crippen LogP contribution is -2.36. The molecule has 0 aliphatic carbocycles. The number of nitrogens with zero attached hydrogens (tertiary/aromatic N) is 1. The molecule has 2 aliphatic heterocycles. The van der Waals surface area contributed by atoms with Crippen LogP contribution < -0.4 is 4.74 Å². The van der Waals surface area contributed by atoms with Gasteiger partial charge < -0.3 is 19.5 Å². The summed E-state index contributed by atoms with van der Waals surface area (Å²) in [6.45, 7) is 0.961. The Kier molecular flexibility index (Phi) is 5.92. The molecular weight excluding hydrogens is 450 g/mol. The van der Waals surface area contributed by atoms with Gasteiger partial charge >= 0.3 is 0 Å². The van der Waals surface area contributed by atoms with Crippen molar-refractivity contribution >= 4 is 33.4 Å². The van der Waals surface area contributed by atoms with E-state index in [0.29, 0.717) is 24.5 Å². The topological polar surface area (TPSA) is 76.1 Å². The van der Waals surface area contributed by atoms with Crippen LogP contribution in [0.2, 0.25) is 0 Å². The van der Waals surface area contributed by atoms with Gasteiger partial charge in [0.25, 0.3) is 11.7 Å². The number of hydrogen-bond acceptors (Lipinski definition) is 5. The molecule has 2 atom stereocenters. The quantitative estimate of drug-likeness (QED) is 0.404. The summed E-state index contributed by atoms with van der Waals surface area (Å²) in [5, 5.41) is 11.0. The Bertz CT molecular complexity index is 995. The van der Waals surface area contributed by atoms with Gasteiger partial charge in [0.05, 0.1) is 24.8 Å². The fourth-order valence-corrected chi connectivity index (χ4v) is 4.42. The minimum atomic E-state index is -0.689. The van der Waals surface area contributed by atoms with E-state index >= 15 is 0 Å². The number of methoxy groups -OCH3 is 1. The van der Waals surface area contributed by atoms with Gasteiger partial charge in [0.1, 0.15) is 11.5 Å². The maximum Gasteiger partial charge on any atom is 0.295 e. The normalized spacial score (nSPS) is 23.2. The van der Waals surface area contributed by atoms with Gasteiger partial charge in [-0.15, -0.1) is 0 Å². The predicted molar refractivity (Wildman–Crippen MR) is 115 cm³/mol. The molecule has 7 heteroatoms. The molecule has 2 aromatic rings. The van der Waals surface area contributed by atoms with Crippen molar-refractivity contribution in [3.8, 4) is 5.75 Å². The van der Waals surface area contributed by atoms with E-state index < -0.39 is 17.7 Å². The van der Waals surface area contributed by atoms with Gasteiger partial charge in [0.15, 0.2) is 0 Å². The Morgan fingerprint density at radius 1 is 1.23 bits per heavy atom. The number of ketones is 1. The Labute approximate surface area is 183 Å². The number of carbonyl (C=O) groups is 2. The van der Waals surface area contributed by atoms with Crippen LogP contribution in [0.1, 0.15) is 30.0 Å². The number of hydrogen-bond donors (Lipinski definition) is 1. The molecule has 4 rings (SSSR count). The second-order valence-electron chi connectivity index (χ2n) is 7.37. The summed E-state index contributed by atoms with van der Waals surface area (Å²) in [4.78, 5) is 27.5. The van der Waals surface area contributed by atoms with Crippen LogP contribution in [0.3, 0.4) is 0 Å². The highest BCUT2D eigenvalue weighted by atomic mass is 79.9. The lowest BCUT2D eigenvalue weighted by atomic mass is 9.95. The molecule has 0 bridgehead atoms. The van der Waals surface area contributed by atoms with Gasteiger partial charge in [0.2, 0.25) is 0 Å². The van der Waals surface area contributed by atoms with Gasteiger partial charge in [-0.25, -0.2) is 0 Å². The lowest BCUT2D eigenvalue weighted by Gasteiger charge is -2.27. The molecule has 0 spiro atoms. The number of benzene rings is 2. The van der Waals surface area contributed by atoms with Gasteiger partial charge in [-0.1, -0.05) is 28.1 Å². The van der Waals surface area contributed by atoms with E-state index in [2.05, 4.69) is 15.9 Å². The number of carbonyl (C=O) groups excluding carboxylic acids is 2. The molecule has 2 aliphatic rings. The summed E-state index contributed by atoms with van der Waals surface area (Å²) in [7, 11) is 1.55. The van der Waals surface area contributed by atoms with Crippen LogP contribution in [-0.2, 0) is 14.3 Å². The van der Waals surface area contributed by atoms with E-state index in [1.807, 2.05) is 24.3 Å². The average molecular weight is 472 g/mol. The lowest BCUT2D eigenvalue weighted by molar-refractivity contribution is -0.140. The molecule has 30 heavy (non-hydrogen) atoms. The zero-order chi connectivity index (χ0) is 21.3. The van der Waals surface area contributed by atoms with Crippen LogP contribution in [0.25, 0.3) is 5.76 Å². The number of likely N-dealkylation sites (tertiary alicyclic amines) is 1. The van der Waals surface area contributed by atoms with E-state index in [1.54, 1.807) is 31.4 Å². The molecule has 0 saturated carbocycles. The van der Waals surface area contributed by atoms with E-state index in [9.17, 15) is 14.7 Å². The third-order valence-corrected chi connectivity index (χ3v) is 5.99. The molecular formula is C23H22BrNO5. The summed E-state index contributed by atoms with van der Waals surface area (Å²) in [6.07, 6.45) is 1.66. The van der Waals surface area contributed by atoms with Crippen LogP contribution in [0.15, 0.2) is 58.6 Å². The van der Waals surface area contributed by atoms with Crippen molar-refractivity contribution in [2.24, 2.45) is 0 Å². The smallest absolute Gasteiger partial charge is 0.295 e. The number of rotatable bonds is 5. The summed E-state index contributed by atoms with van der Waals surface area (Å²) in [5.41, 5.74) is 1.28. The summed E-state index contributed by atoms with van der Waals surface area (Å²) in [5.74, 6) is -0.874. The fourth-order valence-electron chi connectivity index (χ4n) is 4.00. The van der Waals surface area contributed by atoms with Gasteiger partial charge in [-0.3, -0.25) is 9.59 Å².